The van der Waals surface area contributed by atoms with E-state index in [-0.39, 0.29) is 24.3 Å². The summed E-state index contributed by atoms with van der Waals surface area (Å²) in [5.41, 5.74) is 1.10. The van der Waals surface area contributed by atoms with Crippen LogP contribution >= 0.6 is 11.6 Å². The molecule has 0 radical (unpaired) electrons. The molecule has 0 saturated carbocycles. The summed E-state index contributed by atoms with van der Waals surface area (Å²) in [6.45, 7) is 6.12. The van der Waals surface area contributed by atoms with Crippen LogP contribution in [-0.4, -0.2) is 57.8 Å². The zero-order valence-electron chi connectivity index (χ0n) is 23.6. The van der Waals surface area contributed by atoms with Crippen LogP contribution in [0.4, 0.5) is 10.5 Å². The van der Waals surface area contributed by atoms with E-state index in [1.165, 1.54) is 12.1 Å². The first kappa shape index (κ1) is 31.4. The second-order valence-corrected chi connectivity index (χ2v) is 10.9. The minimum absolute atomic E-state index is 0.0829. The molecule has 0 spiro atoms. The van der Waals surface area contributed by atoms with Gasteiger partial charge >= 0.3 is 6.09 Å². The van der Waals surface area contributed by atoms with Crippen molar-refractivity contribution in [3.63, 3.8) is 0 Å². The molecule has 3 amide bonds. The van der Waals surface area contributed by atoms with Gasteiger partial charge in [0.25, 0.3) is 5.91 Å². The molecule has 0 fully saturated rings. The van der Waals surface area contributed by atoms with Crippen molar-refractivity contribution in [2.45, 2.75) is 51.8 Å². The van der Waals surface area contributed by atoms with E-state index in [0.717, 1.165) is 10.5 Å². The Morgan fingerprint density at radius 3 is 2.24 bits per heavy atom. The lowest BCUT2D eigenvalue weighted by Crippen LogP contribution is -2.53. The standard InChI is InChI=1S/C31H36ClN3O6/c1-20-11-10-15-23(32)26(20)34-28(38)27(22-14-8-9-16-25(22)37)35(17-18-36)29(39)24(19-21-12-6-5-7-13-21)33-30(40)41-31(2,3)4/h5-16,24,27,36-37H,17-19H2,1-4H3,(H,33,40)(H,34,38). The number of carbonyl (C=O) groups excluding carboxylic acids is 3. The fraction of sp³-hybridized carbons (Fsp3) is 0.323. The third kappa shape index (κ3) is 8.70. The minimum atomic E-state index is -1.38. The predicted octanol–water partition coefficient (Wildman–Crippen LogP) is 4.99. The highest BCUT2D eigenvalue weighted by Gasteiger charge is 2.37. The monoisotopic (exact) mass is 581 g/mol. The quantitative estimate of drug-likeness (QED) is 0.267. The van der Waals surface area contributed by atoms with Crippen LogP contribution < -0.4 is 10.6 Å². The predicted molar refractivity (Wildman–Crippen MR) is 158 cm³/mol. The fourth-order valence-corrected chi connectivity index (χ4v) is 4.59. The highest BCUT2D eigenvalue weighted by Crippen LogP contribution is 2.33. The SMILES string of the molecule is Cc1cccc(Cl)c1NC(=O)C(c1ccccc1O)N(CCO)C(=O)C(Cc1ccccc1)NC(=O)OC(C)(C)C. The molecule has 3 rings (SSSR count). The molecule has 41 heavy (non-hydrogen) atoms. The summed E-state index contributed by atoms with van der Waals surface area (Å²) in [5.74, 6) is -1.55. The Morgan fingerprint density at radius 1 is 0.976 bits per heavy atom. The molecule has 0 heterocycles. The average Bonchev–Trinajstić information content (AvgIpc) is 2.90. The Balaban J connectivity index is 2.07. The summed E-state index contributed by atoms with van der Waals surface area (Å²) in [6.07, 6.45) is -0.731. The molecule has 0 aliphatic heterocycles. The first-order valence-corrected chi connectivity index (χ1v) is 13.6. The maximum absolute atomic E-state index is 14.2. The number of para-hydroxylation sites is 2. The van der Waals surface area contributed by atoms with E-state index in [2.05, 4.69) is 10.6 Å². The molecule has 9 nitrogen and oxygen atoms in total. The summed E-state index contributed by atoms with van der Waals surface area (Å²) >= 11 is 6.36. The number of benzene rings is 3. The lowest BCUT2D eigenvalue weighted by atomic mass is 9.99. The molecule has 4 N–H and O–H groups in total. The van der Waals surface area contributed by atoms with Crippen molar-refractivity contribution in [3.8, 4) is 5.75 Å². The van der Waals surface area contributed by atoms with Crippen LogP contribution in [0.3, 0.4) is 0 Å². The third-order valence-corrected chi connectivity index (χ3v) is 6.47. The summed E-state index contributed by atoms with van der Waals surface area (Å²) in [7, 11) is 0. The van der Waals surface area contributed by atoms with E-state index in [4.69, 9.17) is 16.3 Å². The fourth-order valence-electron chi connectivity index (χ4n) is 4.33. The average molecular weight is 582 g/mol. The van der Waals surface area contributed by atoms with Crippen LogP contribution in [0.15, 0.2) is 72.8 Å². The van der Waals surface area contributed by atoms with Gasteiger partial charge in [-0.2, -0.15) is 0 Å². The van der Waals surface area contributed by atoms with E-state index in [1.807, 2.05) is 6.07 Å². The van der Waals surface area contributed by atoms with E-state index in [0.29, 0.717) is 16.3 Å². The second kappa shape index (κ2) is 14.0. The molecule has 0 bridgehead atoms. The molecule has 0 saturated heterocycles. The van der Waals surface area contributed by atoms with E-state index in [1.54, 1.807) is 82.3 Å². The molecule has 2 unspecified atom stereocenters. The Hall–Kier alpha value is -4.08. The molecule has 0 aliphatic carbocycles. The number of rotatable bonds is 10. The summed E-state index contributed by atoms with van der Waals surface area (Å²) < 4.78 is 5.41. The molecule has 0 aliphatic rings. The van der Waals surface area contributed by atoms with Gasteiger partial charge in [-0.25, -0.2) is 4.79 Å². The van der Waals surface area contributed by atoms with Crippen LogP contribution in [0.25, 0.3) is 0 Å². The first-order chi connectivity index (χ1) is 19.4. The van der Waals surface area contributed by atoms with Crippen molar-refractivity contribution in [2.75, 3.05) is 18.5 Å². The van der Waals surface area contributed by atoms with Crippen LogP contribution in [0.2, 0.25) is 5.02 Å². The number of halogens is 1. The number of hydrogen-bond donors (Lipinski definition) is 4. The molecule has 2 atom stereocenters. The van der Waals surface area contributed by atoms with Gasteiger partial charge in [0.15, 0.2) is 0 Å². The second-order valence-electron chi connectivity index (χ2n) is 10.5. The maximum Gasteiger partial charge on any atom is 0.408 e. The molecule has 3 aromatic carbocycles. The van der Waals surface area contributed by atoms with Crippen LogP contribution in [0.1, 0.15) is 43.5 Å². The van der Waals surface area contributed by atoms with Gasteiger partial charge in [0.2, 0.25) is 5.91 Å². The zero-order valence-corrected chi connectivity index (χ0v) is 24.3. The Morgan fingerprint density at radius 2 is 1.63 bits per heavy atom. The Bertz CT molecular complexity index is 1340. The van der Waals surface area contributed by atoms with E-state index < -0.39 is 42.2 Å². The van der Waals surface area contributed by atoms with Gasteiger partial charge in [0.1, 0.15) is 23.4 Å². The van der Waals surface area contributed by atoms with Crippen LogP contribution in [0.5, 0.6) is 5.75 Å². The smallest absolute Gasteiger partial charge is 0.408 e. The molecule has 10 heteroatoms. The highest BCUT2D eigenvalue weighted by atomic mass is 35.5. The highest BCUT2D eigenvalue weighted by molar-refractivity contribution is 6.34. The topological polar surface area (TPSA) is 128 Å². The molecule has 0 aromatic heterocycles. The summed E-state index contributed by atoms with van der Waals surface area (Å²) in [4.78, 5) is 42.1. The van der Waals surface area contributed by atoms with Crippen molar-refractivity contribution in [3.05, 3.63) is 94.5 Å². The lowest BCUT2D eigenvalue weighted by molar-refractivity contribution is -0.141. The number of alkyl carbamates (subject to hydrolysis) is 1. The third-order valence-electron chi connectivity index (χ3n) is 6.16. The van der Waals surface area contributed by atoms with Crippen molar-refractivity contribution in [1.29, 1.82) is 0 Å². The minimum Gasteiger partial charge on any atom is -0.508 e. The maximum atomic E-state index is 14.2. The van der Waals surface area contributed by atoms with E-state index in [9.17, 15) is 24.6 Å². The number of aromatic hydroxyl groups is 1. The number of carbonyl (C=O) groups is 3. The number of nitrogens with zero attached hydrogens (tertiary/aromatic N) is 1. The van der Waals surface area contributed by atoms with Crippen molar-refractivity contribution >= 4 is 35.2 Å². The van der Waals surface area contributed by atoms with Gasteiger partial charge in [0.05, 0.1) is 17.3 Å². The Labute approximate surface area is 245 Å². The number of phenolic OH excluding ortho intramolecular Hbond substituents is 1. The number of anilines is 1. The van der Waals surface area contributed by atoms with Gasteiger partial charge in [0, 0.05) is 18.5 Å². The van der Waals surface area contributed by atoms with Crippen LogP contribution in [-0.2, 0) is 20.7 Å². The van der Waals surface area contributed by atoms with E-state index >= 15 is 0 Å². The van der Waals surface area contributed by atoms with Crippen molar-refractivity contribution < 1.29 is 29.3 Å². The molecular weight excluding hydrogens is 546 g/mol. The number of hydrogen-bond acceptors (Lipinski definition) is 6. The molecule has 3 aromatic rings. The summed E-state index contributed by atoms with van der Waals surface area (Å²) in [6, 6.07) is 17.8. The molecule has 218 valence electrons. The number of aliphatic hydroxyl groups excluding tert-OH is 1. The van der Waals surface area contributed by atoms with Crippen molar-refractivity contribution in [1.82, 2.24) is 10.2 Å². The number of aryl methyl sites for hydroxylation is 1. The van der Waals surface area contributed by atoms with Gasteiger partial charge < -0.3 is 30.5 Å². The number of nitrogens with one attached hydrogen (secondary N) is 2. The number of ether oxygens (including phenoxy) is 1. The zero-order chi connectivity index (χ0) is 30.2. The van der Waals surface area contributed by atoms with Crippen LogP contribution in [0, 0.1) is 6.92 Å². The number of aliphatic hydroxyl groups is 1. The van der Waals surface area contributed by atoms with Crippen molar-refractivity contribution in [2.24, 2.45) is 0 Å². The number of phenols is 1. The molecular formula is C31H36ClN3O6. The van der Waals surface area contributed by atoms with Gasteiger partial charge in [-0.05, 0) is 51.0 Å². The van der Waals surface area contributed by atoms with Gasteiger partial charge in [-0.15, -0.1) is 0 Å². The largest absolute Gasteiger partial charge is 0.508 e. The van der Waals surface area contributed by atoms with Gasteiger partial charge in [-0.3, -0.25) is 9.59 Å². The van der Waals surface area contributed by atoms with Gasteiger partial charge in [-0.1, -0.05) is 72.3 Å². The number of amides is 3. The normalized spacial score (nSPS) is 12.6. The summed E-state index contributed by atoms with van der Waals surface area (Å²) in [5, 5.41) is 26.5. The lowest BCUT2D eigenvalue weighted by Gasteiger charge is -2.34. The Kier molecular flexibility index (Phi) is 10.7. The first-order valence-electron chi connectivity index (χ1n) is 13.2.